The molecule has 0 unspecified atom stereocenters. The number of hydrogen-bond donors (Lipinski definition) is 2. The predicted octanol–water partition coefficient (Wildman–Crippen LogP) is 1.79. The molecule has 110 valence electrons. The quantitative estimate of drug-likeness (QED) is 0.567. The highest BCUT2D eigenvalue weighted by Crippen LogP contribution is 2.05. The van der Waals surface area contributed by atoms with Crippen LogP contribution in [0.4, 0.5) is 0 Å². The minimum Gasteiger partial charge on any atom is -0.354 e. The summed E-state index contributed by atoms with van der Waals surface area (Å²) in [5, 5.41) is 5.46. The van der Waals surface area contributed by atoms with E-state index in [-0.39, 0.29) is 11.8 Å². The molecule has 0 fully saturated rings. The van der Waals surface area contributed by atoms with E-state index in [1.807, 2.05) is 31.2 Å². The average Bonchev–Trinajstić information content (AvgIpc) is 2.43. The van der Waals surface area contributed by atoms with E-state index in [2.05, 4.69) is 10.6 Å². The highest BCUT2D eigenvalue weighted by atomic mass is 35.5. The van der Waals surface area contributed by atoms with Crippen LogP contribution in [0.3, 0.4) is 0 Å². The molecule has 2 amide bonds. The van der Waals surface area contributed by atoms with Crippen LogP contribution in [0, 0.1) is 6.92 Å². The molecule has 4 nitrogen and oxygen atoms in total. The van der Waals surface area contributed by atoms with Gasteiger partial charge in [0.05, 0.1) is 0 Å². The van der Waals surface area contributed by atoms with Crippen molar-refractivity contribution in [2.75, 3.05) is 19.0 Å². The standard InChI is InChI=1S/C15H21ClN2O2/c1-12-2-4-13(5-3-12)6-7-14(19)17-10-11-18-15(20)8-9-16/h2-5H,6-11H2,1H3,(H,17,19)(H,18,20). The third-order valence-corrected chi connectivity index (χ3v) is 3.04. The average molecular weight is 297 g/mol. The summed E-state index contributed by atoms with van der Waals surface area (Å²) < 4.78 is 0. The lowest BCUT2D eigenvalue weighted by Gasteiger charge is -2.07. The fourth-order valence-electron chi connectivity index (χ4n) is 1.68. The molecular weight excluding hydrogens is 276 g/mol. The number of hydrogen-bond acceptors (Lipinski definition) is 2. The Balaban J connectivity index is 2.11. The summed E-state index contributed by atoms with van der Waals surface area (Å²) in [4.78, 5) is 22.7. The van der Waals surface area contributed by atoms with Crippen molar-refractivity contribution in [3.63, 3.8) is 0 Å². The molecule has 1 aromatic carbocycles. The van der Waals surface area contributed by atoms with Gasteiger partial charge in [-0.25, -0.2) is 0 Å². The van der Waals surface area contributed by atoms with Crippen LogP contribution < -0.4 is 10.6 Å². The molecule has 0 spiro atoms. The zero-order chi connectivity index (χ0) is 14.8. The highest BCUT2D eigenvalue weighted by Gasteiger charge is 2.03. The van der Waals surface area contributed by atoms with Gasteiger partial charge in [0.15, 0.2) is 0 Å². The summed E-state index contributed by atoms with van der Waals surface area (Å²) in [6, 6.07) is 8.16. The van der Waals surface area contributed by atoms with Gasteiger partial charge in [-0.3, -0.25) is 9.59 Å². The molecule has 1 rings (SSSR count). The molecule has 0 radical (unpaired) electrons. The SMILES string of the molecule is Cc1ccc(CCC(=O)NCCNC(=O)CCCl)cc1. The van der Waals surface area contributed by atoms with Crippen LogP contribution in [0.1, 0.15) is 24.0 Å². The van der Waals surface area contributed by atoms with Gasteiger partial charge in [-0.2, -0.15) is 0 Å². The second kappa shape index (κ2) is 9.37. The zero-order valence-electron chi connectivity index (χ0n) is 11.7. The first-order valence-corrected chi connectivity index (χ1v) is 7.30. The number of aryl methyl sites for hydroxylation is 2. The minimum absolute atomic E-state index is 0.00262. The Labute approximate surface area is 124 Å². The lowest BCUT2D eigenvalue weighted by molar-refractivity contribution is -0.122. The van der Waals surface area contributed by atoms with E-state index in [4.69, 9.17) is 11.6 Å². The van der Waals surface area contributed by atoms with Crippen molar-refractivity contribution in [2.45, 2.75) is 26.2 Å². The summed E-state index contributed by atoms with van der Waals surface area (Å²) in [6.45, 7) is 2.92. The van der Waals surface area contributed by atoms with E-state index in [9.17, 15) is 9.59 Å². The molecule has 0 saturated carbocycles. The molecule has 0 heterocycles. The van der Waals surface area contributed by atoms with E-state index in [1.54, 1.807) is 0 Å². The molecule has 0 aliphatic carbocycles. The number of nitrogens with one attached hydrogen (secondary N) is 2. The van der Waals surface area contributed by atoms with Gasteiger partial charge in [-0.15, -0.1) is 11.6 Å². The van der Waals surface area contributed by atoms with Crippen molar-refractivity contribution in [1.82, 2.24) is 10.6 Å². The Kier molecular flexibility index (Phi) is 7.73. The first-order chi connectivity index (χ1) is 9.61. The summed E-state index contributed by atoms with van der Waals surface area (Å²) >= 11 is 5.44. The minimum atomic E-state index is -0.0890. The number of alkyl halides is 1. The van der Waals surface area contributed by atoms with Crippen LogP contribution >= 0.6 is 11.6 Å². The van der Waals surface area contributed by atoms with Crippen molar-refractivity contribution in [3.05, 3.63) is 35.4 Å². The number of halogens is 1. The van der Waals surface area contributed by atoms with E-state index in [1.165, 1.54) is 5.56 Å². The molecule has 5 heteroatoms. The summed E-state index contributed by atoms with van der Waals surface area (Å²) in [5.74, 6) is 0.223. The summed E-state index contributed by atoms with van der Waals surface area (Å²) in [6.07, 6.45) is 1.49. The zero-order valence-corrected chi connectivity index (χ0v) is 12.5. The van der Waals surface area contributed by atoms with Crippen molar-refractivity contribution in [3.8, 4) is 0 Å². The fourth-order valence-corrected chi connectivity index (χ4v) is 1.85. The Hall–Kier alpha value is -1.55. The van der Waals surface area contributed by atoms with Crippen molar-refractivity contribution >= 4 is 23.4 Å². The van der Waals surface area contributed by atoms with Gasteiger partial charge in [0.25, 0.3) is 0 Å². The lowest BCUT2D eigenvalue weighted by Crippen LogP contribution is -2.34. The Morgan fingerprint density at radius 1 is 1.00 bits per heavy atom. The van der Waals surface area contributed by atoms with Crippen LogP contribution in [0.5, 0.6) is 0 Å². The monoisotopic (exact) mass is 296 g/mol. The molecule has 1 aromatic rings. The largest absolute Gasteiger partial charge is 0.354 e. The van der Waals surface area contributed by atoms with Crippen molar-refractivity contribution < 1.29 is 9.59 Å². The molecule has 0 saturated heterocycles. The molecule has 0 aromatic heterocycles. The summed E-state index contributed by atoms with van der Waals surface area (Å²) in [7, 11) is 0. The molecule has 20 heavy (non-hydrogen) atoms. The van der Waals surface area contributed by atoms with Gasteiger partial charge >= 0.3 is 0 Å². The number of benzene rings is 1. The van der Waals surface area contributed by atoms with Gasteiger partial charge in [0, 0.05) is 31.8 Å². The normalized spacial score (nSPS) is 10.1. The van der Waals surface area contributed by atoms with Gasteiger partial charge in [0.1, 0.15) is 0 Å². The van der Waals surface area contributed by atoms with Crippen LogP contribution in [0.2, 0.25) is 0 Å². The Morgan fingerprint density at radius 2 is 1.55 bits per heavy atom. The van der Waals surface area contributed by atoms with E-state index < -0.39 is 0 Å². The maximum atomic E-state index is 11.6. The van der Waals surface area contributed by atoms with E-state index >= 15 is 0 Å². The topological polar surface area (TPSA) is 58.2 Å². The van der Waals surface area contributed by atoms with Crippen LogP contribution in [0.25, 0.3) is 0 Å². The van der Waals surface area contributed by atoms with Crippen LogP contribution in [-0.2, 0) is 16.0 Å². The van der Waals surface area contributed by atoms with E-state index in [0.717, 1.165) is 12.0 Å². The smallest absolute Gasteiger partial charge is 0.221 e. The number of carbonyl (C=O) groups excluding carboxylic acids is 2. The highest BCUT2D eigenvalue weighted by molar-refractivity contribution is 6.18. The number of rotatable bonds is 8. The maximum absolute atomic E-state index is 11.6. The van der Waals surface area contributed by atoms with Crippen molar-refractivity contribution in [2.24, 2.45) is 0 Å². The second-order valence-corrected chi connectivity index (χ2v) is 5.00. The van der Waals surface area contributed by atoms with E-state index in [0.29, 0.717) is 31.8 Å². The third-order valence-electron chi connectivity index (χ3n) is 2.85. The fraction of sp³-hybridized carbons (Fsp3) is 0.467. The lowest BCUT2D eigenvalue weighted by atomic mass is 10.1. The van der Waals surface area contributed by atoms with Crippen LogP contribution in [0.15, 0.2) is 24.3 Å². The first-order valence-electron chi connectivity index (χ1n) is 6.76. The van der Waals surface area contributed by atoms with Gasteiger partial charge in [-0.05, 0) is 18.9 Å². The van der Waals surface area contributed by atoms with Gasteiger partial charge in [0.2, 0.25) is 11.8 Å². The second-order valence-electron chi connectivity index (χ2n) is 4.62. The Morgan fingerprint density at radius 3 is 2.10 bits per heavy atom. The number of carbonyl (C=O) groups is 2. The third kappa shape index (κ3) is 7.14. The molecule has 2 N–H and O–H groups in total. The Bertz CT molecular complexity index is 432. The summed E-state index contributed by atoms with van der Waals surface area (Å²) in [5.41, 5.74) is 2.37. The van der Waals surface area contributed by atoms with Crippen molar-refractivity contribution in [1.29, 1.82) is 0 Å². The maximum Gasteiger partial charge on any atom is 0.221 e. The molecule has 0 atom stereocenters. The predicted molar refractivity (Wildman–Crippen MR) is 80.9 cm³/mol. The van der Waals surface area contributed by atoms with Gasteiger partial charge < -0.3 is 10.6 Å². The molecule has 0 aliphatic heterocycles. The van der Waals surface area contributed by atoms with Crippen LogP contribution in [-0.4, -0.2) is 30.8 Å². The number of amides is 2. The molecule has 0 bridgehead atoms. The first kappa shape index (κ1) is 16.5. The molecular formula is C15H21ClN2O2. The molecule has 0 aliphatic rings. The van der Waals surface area contributed by atoms with Gasteiger partial charge in [-0.1, -0.05) is 29.8 Å².